The first-order valence-corrected chi connectivity index (χ1v) is 11.2. The summed E-state index contributed by atoms with van der Waals surface area (Å²) < 4.78 is 10.3. The fourth-order valence-electron chi connectivity index (χ4n) is 2.27. The van der Waals surface area contributed by atoms with E-state index < -0.39 is 17.7 Å². The first-order chi connectivity index (χ1) is 14.6. The Bertz CT molecular complexity index is 1080. The number of ether oxygens (including phenoxy) is 2. The Kier molecular flexibility index (Phi) is 7.08. The summed E-state index contributed by atoms with van der Waals surface area (Å²) in [5.41, 5.74) is -0.0853. The summed E-state index contributed by atoms with van der Waals surface area (Å²) in [6.45, 7) is 7.15. The molecule has 3 aromatic rings. The van der Waals surface area contributed by atoms with Crippen LogP contribution in [0.3, 0.4) is 0 Å². The summed E-state index contributed by atoms with van der Waals surface area (Å²) in [4.78, 5) is 37.9. The summed E-state index contributed by atoms with van der Waals surface area (Å²) in [6.07, 6.45) is 0.854. The largest absolute Gasteiger partial charge is 0.461 e. The van der Waals surface area contributed by atoms with Gasteiger partial charge in [-0.15, -0.1) is 11.3 Å². The molecule has 0 fully saturated rings. The second kappa shape index (κ2) is 9.58. The van der Waals surface area contributed by atoms with Crippen LogP contribution in [0.15, 0.2) is 23.7 Å². The van der Waals surface area contributed by atoms with Crippen LogP contribution in [0.25, 0.3) is 10.6 Å². The van der Waals surface area contributed by atoms with Crippen molar-refractivity contribution >= 4 is 62.4 Å². The van der Waals surface area contributed by atoms with Crippen LogP contribution in [0, 0.1) is 0 Å². The van der Waals surface area contributed by atoms with Gasteiger partial charge in [0.05, 0.1) is 22.2 Å². The second-order valence-electron chi connectivity index (χ2n) is 7.07. The molecule has 1 amide bonds. The van der Waals surface area contributed by atoms with Crippen molar-refractivity contribution in [2.45, 2.75) is 33.3 Å². The van der Waals surface area contributed by atoms with Gasteiger partial charge in [0.15, 0.2) is 16.0 Å². The molecule has 0 aliphatic carbocycles. The number of nitrogens with one attached hydrogen (secondary N) is 2. The van der Waals surface area contributed by atoms with Crippen LogP contribution >= 0.6 is 34.3 Å². The predicted octanol–water partition coefficient (Wildman–Crippen LogP) is 5.58. The topological polar surface area (TPSA) is 115 Å². The number of carbonyl (C=O) groups excluding carboxylic acids is 2. The Labute approximate surface area is 191 Å². The van der Waals surface area contributed by atoms with Gasteiger partial charge in [-0.1, -0.05) is 22.9 Å². The lowest BCUT2D eigenvalue weighted by Crippen LogP contribution is -2.27. The molecule has 3 heterocycles. The quantitative estimate of drug-likeness (QED) is 0.438. The van der Waals surface area contributed by atoms with E-state index in [0.717, 1.165) is 11.3 Å². The molecule has 0 bridgehead atoms. The van der Waals surface area contributed by atoms with Crippen molar-refractivity contribution in [3.8, 4) is 10.6 Å². The van der Waals surface area contributed by atoms with Crippen molar-refractivity contribution in [3.05, 3.63) is 34.4 Å². The highest BCUT2D eigenvalue weighted by Gasteiger charge is 2.25. The minimum atomic E-state index is -0.669. The molecule has 0 saturated heterocycles. The highest BCUT2D eigenvalue weighted by molar-refractivity contribution is 7.20. The van der Waals surface area contributed by atoms with Gasteiger partial charge in [-0.2, -0.15) is 0 Å². The minimum Gasteiger partial charge on any atom is -0.461 e. The summed E-state index contributed by atoms with van der Waals surface area (Å²) in [5.74, 6) is -0.0274. The number of pyridine rings is 1. The SMILES string of the molecule is CCOC(=O)c1nc(NC(=O)OC(C)(C)C)sc1-c1csc(Nc2ccc(Cl)cn2)n1. The number of hydrogen-bond donors (Lipinski definition) is 2. The van der Waals surface area contributed by atoms with Gasteiger partial charge >= 0.3 is 12.1 Å². The van der Waals surface area contributed by atoms with Gasteiger partial charge in [-0.05, 0) is 39.8 Å². The van der Waals surface area contributed by atoms with Crippen LogP contribution in [0.4, 0.5) is 20.9 Å². The molecule has 0 unspecified atom stereocenters. The molecule has 0 radical (unpaired) electrons. The van der Waals surface area contributed by atoms with Crippen molar-refractivity contribution < 1.29 is 19.1 Å². The number of amides is 1. The number of esters is 1. The number of carbonyl (C=O) groups is 2. The van der Waals surface area contributed by atoms with Crippen molar-refractivity contribution in [1.29, 1.82) is 0 Å². The first-order valence-electron chi connectivity index (χ1n) is 9.17. The Morgan fingerprint density at radius 2 is 1.97 bits per heavy atom. The normalized spacial score (nSPS) is 11.1. The monoisotopic (exact) mass is 481 g/mol. The summed E-state index contributed by atoms with van der Waals surface area (Å²) in [6, 6.07) is 3.44. The Morgan fingerprint density at radius 3 is 2.61 bits per heavy atom. The van der Waals surface area contributed by atoms with E-state index in [2.05, 4.69) is 25.6 Å². The standard InChI is InChI=1S/C19H20ClN5O4S2/c1-5-28-15(26)13-14(31-17(24-13)25-18(27)29-19(2,3)4)11-9-30-16(22-11)23-12-7-6-10(20)8-21-12/h6-9H,5H2,1-4H3,(H,21,22,23)(H,24,25,27). The van der Waals surface area contributed by atoms with Crippen molar-refractivity contribution in [2.75, 3.05) is 17.2 Å². The number of thiazole rings is 2. The molecule has 3 aromatic heterocycles. The van der Waals surface area contributed by atoms with Crippen LogP contribution in [0.1, 0.15) is 38.2 Å². The van der Waals surface area contributed by atoms with Gasteiger partial charge in [-0.25, -0.2) is 24.5 Å². The maximum Gasteiger partial charge on any atom is 0.413 e. The molecule has 0 spiro atoms. The lowest BCUT2D eigenvalue weighted by atomic mass is 10.2. The second-order valence-corrected chi connectivity index (χ2v) is 9.36. The molecule has 164 valence electrons. The molecule has 0 aromatic carbocycles. The van der Waals surface area contributed by atoms with Crippen molar-refractivity contribution in [3.63, 3.8) is 0 Å². The van der Waals surface area contributed by atoms with Gasteiger partial charge in [-0.3, -0.25) is 5.32 Å². The number of aromatic nitrogens is 3. The van der Waals surface area contributed by atoms with Crippen molar-refractivity contribution in [1.82, 2.24) is 15.0 Å². The van der Waals surface area contributed by atoms with E-state index in [1.807, 2.05) is 0 Å². The number of anilines is 3. The van der Waals surface area contributed by atoms with Crippen LogP contribution in [0.2, 0.25) is 5.02 Å². The van der Waals surface area contributed by atoms with Crippen molar-refractivity contribution in [2.24, 2.45) is 0 Å². The molecule has 31 heavy (non-hydrogen) atoms. The maximum absolute atomic E-state index is 12.4. The van der Waals surface area contributed by atoms with Gasteiger partial charge in [0.2, 0.25) is 0 Å². The average Bonchev–Trinajstić information content (AvgIpc) is 3.29. The Morgan fingerprint density at radius 1 is 1.19 bits per heavy atom. The third-order valence-corrected chi connectivity index (χ3v) is 5.38. The molecule has 0 aliphatic heterocycles. The maximum atomic E-state index is 12.4. The molecule has 12 heteroatoms. The molecule has 3 rings (SSSR count). The smallest absolute Gasteiger partial charge is 0.413 e. The zero-order valence-corrected chi connectivity index (χ0v) is 19.6. The fourth-order valence-corrected chi connectivity index (χ4v) is 4.06. The number of rotatable bonds is 6. The summed E-state index contributed by atoms with van der Waals surface area (Å²) in [5, 5.41) is 8.69. The third kappa shape index (κ3) is 6.36. The molecule has 9 nitrogen and oxygen atoms in total. The van der Waals surface area contributed by atoms with Crippen LogP contribution in [-0.4, -0.2) is 39.2 Å². The van der Waals surface area contributed by atoms with Crippen LogP contribution in [0.5, 0.6) is 0 Å². The van der Waals surface area contributed by atoms with E-state index in [1.54, 1.807) is 45.2 Å². The highest BCUT2D eigenvalue weighted by atomic mass is 35.5. The van der Waals surface area contributed by atoms with E-state index in [1.165, 1.54) is 17.5 Å². The van der Waals surface area contributed by atoms with Gasteiger partial charge < -0.3 is 14.8 Å². The third-order valence-electron chi connectivity index (χ3n) is 3.40. The Hall–Kier alpha value is -2.76. The summed E-state index contributed by atoms with van der Waals surface area (Å²) in [7, 11) is 0. The van der Waals surface area contributed by atoms with E-state index in [-0.39, 0.29) is 17.4 Å². The molecule has 2 N–H and O–H groups in total. The van der Waals surface area contributed by atoms with Gasteiger partial charge in [0.1, 0.15) is 11.4 Å². The summed E-state index contributed by atoms with van der Waals surface area (Å²) >= 11 is 8.28. The number of nitrogens with zero attached hydrogens (tertiary/aromatic N) is 3. The predicted molar refractivity (Wildman–Crippen MR) is 122 cm³/mol. The first kappa shape index (κ1) is 22.9. The molecular formula is C19H20ClN5O4S2. The van der Waals surface area contributed by atoms with Gasteiger partial charge in [0, 0.05) is 11.6 Å². The molecule has 0 aliphatic rings. The zero-order chi connectivity index (χ0) is 22.6. The molecular weight excluding hydrogens is 462 g/mol. The Balaban J connectivity index is 1.85. The molecule has 0 atom stereocenters. The van der Waals surface area contributed by atoms with E-state index in [0.29, 0.717) is 26.5 Å². The number of halogens is 1. The van der Waals surface area contributed by atoms with E-state index >= 15 is 0 Å². The zero-order valence-electron chi connectivity index (χ0n) is 17.2. The molecule has 0 saturated carbocycles. The van der Waals surface area contributed by atoms with Gasteiger partial charge in [0.25, 0.3) is 0 Å². The highest BCUT2D eigenvalue weighted by Crippen LogP contribution is 2.36. The van der Waals surface area contributed by atoms with Crippen LogP contribution < -0.4 is 10.6 Å². The number of hydrogen-bond acceptors (Lipinski definition) is 10. The minimum absolute atomic E-state index is 0.0689. The lowest BCUT2D eigenvalue weighted by molar-refractivity contribution is 0.0519. The fraction of sp³-hybridized carbons (Fsp3) is 0.316. The average molecular weight is 482 g/mol. The van der Waals surface area contributed by atoms with Crippen LogP contribution in [-0.2, 0) is 9.47 Å². The van der Waals surface area contributed by atoms with E-state index in [9.17, 15) is 9.59 Å². The van der Waals surface area contributed by atoms with E-state index in [4.69, 9.17) is 21.1 Å². The lowest BCUT2D eigenvalue weighted by Gasteiger charge is -2.18.